The van der Waals surface area contributed by atoms with Crippen molar-refractivity contribution in [3.8, 4) is 0 Å². The van der Waals surface area contributed by atoms with Gasteiger partial charge in [0.05, 0.1) is 0 Å². The van der Waals surface area contributed by atoms with Gasteiger partial charge in [-0.1, -0.05) is 20.8 Å². The number of rotatable bonds is 2. The van der Waals surface area contributed by atoms with Gasteiger partial charge >= 0.3 is 6.09 Å². The molecule has 5 nitrogen and oxygen atoms in total. The van der Waals surface area contributed by atoms with Crippen molar-refractivity contribution in [1.82, 2.24) is 5.32 Å². The van der Waals surface area contributed by atoms with Crippen molar-refractivity contribution in [2.24, 2.45) is 11.1 Å². The van der Waals surface area contributed by atoms with Gasteiger partial charge in [-0.3, -0.25) is 4.79 Å². The van der Waals surface area contributed by atoms with Crippen LogP contribution in [0.5, 0.6) is 0 Å². The highest BCUT2D eigenvalue weighted by atomic mass is 16.4. The fraction of sp³-hybridized carbons (Fsp3) is 0.667. The first-order valence-electron chi connectivity index (χ1n) is 5.72. The first-order valence-corrected chi connectivity index (χ1v) is 5.72. The zero-order valence-corrected chi connectivity index (χ0v) is 10.7. The van der Waals surface area contributed by atoms with E-state index >= 15 is 0 Å². The average molecular weight is 242 g/mol. The van der Waals surface area contributed by atoms with E-state index in [1.54, 1.807) is 6.08 Å². The molecular formula is C12H22N2O3. The van der Waals surface area contributed by atoms with Crippen LogP contribution in [0.2, 0.25) is 0 Å². The molecule has 5 heteroatoms. The summed E-state index contributed by atoms with van der Waals surface area (Å²) in [6.45, 7) is 6.58. The summed E-state index contributed by atoms with van der Waals surface area (Å²) in [7, 11) is 0. The van der Waals surface area contributed by atoms with Gasteiger partial charge in [-0.15, -0.1) is 0 Å². The summed E-state index contributed by atoms with van der Waals surface area (Å²) >= 11 is 0. The standard InChI is InChI=1S/C8H13NO.C4H9NO2/c1-8(2)4-6(9)3-7(10)5-8;1-2-3-5-4(6)7/h3H,4-5,9H2,1-2H3;5H,2-3H2,1H3,(H,6,7). The van der Waals surface area contributed by atoms with E-state index in [1.165, 1.54) is 0 Å². The second-order valence-electron chi connectivity index (χ2n) is 4.94. The van der Waals surface area contributed by atoms with E-state index in [-0.39, 0.29) is 11.2 Å². The number of amides is 1. The lowest BCUT2D eigenvalue weighted by Crippen LogP contribution is -2.24. The van der Waals surface area contributed by atoms with Gasteiger partial charge in [-0.25, -0.2) is 4.79 Å². The first-order chi connectivity index (χ1) is 7.76. The number of carbonyl (C=O) groups excluding carboxylic acids is 1. The summed E-state index contributed by atoms with van der Waals surface area (Å²) in [5.74, 6) is 0.161. The second-order valence-corrected chi connectivity index (χ2v) is 4.94. The van der Waals surface area contributed by atoms with E-state index in [4.69, 9.17) is 10.8 Å². The Hall–Kier alpha value is -1.52. The van der Waals surface area contributed by atoms with Gasteiger partial charge in [-0.05, 0) is 24.3 Å². The molecule has 0 fully saturated rings. The minimum Gasteiger partial charge on any atom is -0.465 e. The lowest BCUT2D eigenvalue weighted by atomic mass is 9.79. The number of hydrogen-bond donors (Lipinski definition) is 3. The molecule has 0 aliphatic heterocycles. The normalized spacial score (nSPS) is 17.6. The molecule has 0 heterocycles. The lowest BCUT2D eigenvalue weighted by molar-refractivity contribution is -0.117. The molecule has 98 valence electrons. The van der Waals surface area contributed by atoms with Crippen LogP contribution >= 0.6 is 0 Å². The molecule has 1 amide bonds. The van der Waals surface area contributed by atoms with E-state index in [0.717, 1.165) is 18.5 Å². The Morgan fingerprint density at radius 2 is 2.12 bits per heavy atom. The van der Waals surface area contributed by atoms with Crippen molar-refractivity contribution in [3.63, 3.8) is 0 Å². The molecule has 0 aromatic heterocycles. The molecular weight excluding hydrogens is 220 g/mol. The first kappa shape index (κ1) is 15.5. The number of hydrogen-bond acceptors (Lipinski definition) is 3. The predicted octanol–water partition coefficient (Wildman–Crippen LogP) is 1.88. The van der Waals surface area contributed by atoms with Crippen molar-refractivity contribution in [1.29, 1.82) is 0 Å². The fourth-order valence-electron chi connectivity index (χ4n) is 1.63. The van der Waals surface area contributed by atoms with Crippen LogP contribution in [0.4, 0.5) is 4.79 Å². The maximum atomic E-state index is 10.9. The van der Waals surface area contributed by atoms with Crippen molar-refractivity contribution >= 4 is 11.9 Å². The summed E-state index contributed by atoms with van der Waals surface area (Å²) in [6, 6.07) is 0. The Bertz CT molecular complexity index is 309. The number of carbonyl (C=O) groups is 2. The van der Waals surface area contributed by atoms with Crippen molar-refractivity contribution < 1.29 is 14.7 Å². The van der Waals surface area contributed by atoms with E-state index in [9.17, 15) is 9.59 Å². The SMILES string of the molecule is CC1(C)CC(=O)C=C(N)C1.CCCNC(=O)O. The molecule has 1 aliphatic rings. The van der Waals surface area contributed by atoms with Crippen LogP contribution in [-0.2, 0) is 4.79 Å². The molecule has 1 rings (SSSR count). The average Bonchev–Trinajstić information content (AvgIpc) is 2.11. The number of nitrogens with one attached hydrogen (secondary N) is 1. The molecule has 0 atom stereocenters. The Morgan fingerprint density at radius 3 is 2.41 bits per heavy atom. The Kier molecular flexibility index (Phi) is 6.31. The largest absolute Gasteiger partial charge is 0.465 e. The Morgan fingerprint density at radius 1 is 1.53 bits per heavy atom. The van der Waals surface area contributed by atoms with E-state index in [0.29, 0.717) is 13.0 Å². The van der Waals surface area contributed by atoms with Crippen LogP contribution in [0.1, 0.15) is 40.0 Å². The third-order valence-corrected chi connectivity index (χ3v) is 2.21. The maximum absolute atomic E-state index is 10.9. The fourth-order valence-corrected chi connectivity index (χ4v) is 1.63. The maximum Gasteiger partial charge on any atom is 0.404 e. The number of carboxylic acid groups (broad SMARTS) is 1. The molecule has 0 saturated carbocycles. The van der Waals surface area contributed by atoms with Crippen LogP contribution in [0.15, 0.2) is 11.8 Å². The van der Waals surface area contributed by atoms with Gasteiger partial charge in [0.1, 0.15) is 0 Å². The van der Waals surface area contributed by atoms with Gasteiger partial charge in [0.15, 0.2) is 5.78 Å². The summed E-state index contributed by atoms with van der Waals surface area (Å²) in [5, 5.41) is 10.1. The summed E-state index contributed by atoms with van der Waals surface area (Å²) in [5.41, 5.74) is 6.34. The minimum atomic E-state index is -0.943. The number of ketones is 1. The van der Waals surface area contributed by atoms with Crippen LogP contribution in [-0.4, -0.2) is 23.5 Å². The van der Waals surface area contributed by atoms with Gasteiger partial charge in [0.25, 0.3) is 0 Å². The van der Waals surface area contributed by atoms with Gasteiger partial charge in [-0.2, -0.15) is 0 Å². The number of nitrogens with two attached hydrogens (primary N) is 1. The van der Waals surface area contributed by atoms with Gasteiger partial charge in [0, 0.05) is 18.7 Å². The summed E-state index contributed by atoms with van der Waals surface area (Å²) < 4.78 is 0. The molecule has 0 bridgehead atoms. The van der Waals surface area contributed by atoms with Crippen LogP contribution in [0.3, 0.4) is 0 Å². The molecule has 0 unspecified atom stereocenters. The van der Waals surface area contributed by atoms with Crippen molar-refractivity contribution in [3.05, 3.63) is 11.8 Å². The van der Waals surface area contributed by atoms with Gasteiger partial charge < -0.3 is 16.2 Å². The van der Waals surface area contributed by atoms with Crippen LogP contribution in [0, 0.1) is 5.41 Å². The highest BCUT2D eigenvalue weighted by molar-refractivity contribution is 5.91. The number of allylic oxidation sites excluding steroid dienone is 2. The molecule has 17 heavy (non-hydrogen) atoms. The molecule has 0 radical (unpaired) electrons. The van der Waals surface area contributed by atoms with E-state index in [1.807, 2.05) is 6.92 Å². The summed E-state index contributed by atoms with van der Waals surface area (Å²) in [4.78, 5) is 20.6. The van der Waals surface area contributed by atoms with Crippen LogP contribution in [0.25, 0.3) is 0 Å². The molecule has 0 aromatic rings. The van der Waals surface area contributed by atoms with E-state index in [2.05, 4.69) is 19.2 Å². The molecule has 0 saturated heterocycles. The van der Waals surface area contributed by atoms with Gasteiger partial charge in [0.2, 0.25) is 0 Å². The smallest absolute Gasteiger partial charge is 0.404 e. The second kappa shape index (κ2) is 6.93. The molecule has 0 aromatic carbocycles. The monoisotopic (exact) mass is 242 g/mol. The molecule has 4 N–H and O–H groups in total. The zero-order chi connectivity index (χ0) is 13.5. The third kappa shape index (κ3) is 8.30. The van der Waals surface area contributed by atoms with Crippen molar-refractivity contribution in [2.45, 2.75) is 40.0 Å². The highest BCUT2D eigenvalue weighted by Gasteiger charge is 2.25. The quantitative estimate of drug-likeness (QED) is 0.689. The Balaban J connectivity index is 0.000000325. The van der Waals surface area contributed by atoms with E-state index < -0.39 is 6.09 Å². The molecule has 0 spiro atoms. The van der Waals surface area contributed by atoms with Crippen LogP contribution < -0.4 is 11.1 Å². The Labute approximate surface area is 102 Å². The third-order valence-electron chi connectivity index (χ3n) is 2.21. The zero-order valence-electron chi connectivity index (χ0n) is 10.7. The lowest BCUT2D eigenvalue weighted by Gasteiger charge is -2.26. The minimum absolute atomic E-state index is 0.0793. The predicted molar refractivity (Wildman–Crippen MR) is 66.6 cm³/mol. The summed E-state index contributed by atoms with van der Waals surface area (Å²) in [6.07, 6.45) is 2.94. The molecule has 1 aliphatic carbocycles. The topological polar surface area (TPSA) is 92.4 Å². The highest BCUT2D eigenvalue weighted by Crippen LogP contribution is 2.31. The van der Waals surface area contributed by atoms with Crippen molar-refractivity contribution in [2.75, 3.05) is 6.54 Å².